The van der Waals surface area contributed by atoms with Crippen molar-refractivity contribution in [3.05, 3.63) is 64.4 Å². The summed E-state index contributed by atoms with van der Waals surface area (Å²) in [5.74, 6) is -1.90. The van der Waals surface area contributed by atoms with E-state index in [4.69, 9.17) is 4.74 Å². The molecule has 1 fully saturated rings. The molecule has 2 heterocycles. The fraction of sp³-hybridized carbons (Fsp3) is 0.480. The molecule has 9 heteroatoms. The lowest BCUT2D eigenvalue weighted by Crippen LogP contribution is -2.59. The summed E-state index contributed by atoms with van der Waals surface area (Å²) in [6, 6.07) is 5.30. The highest BCUT2D eigenvalue weighted by molar-refractivity contribution is 5.95. The fourth-order valence-corrected chi connectivity index (χ4v) is 5.05. The molecule has 0 radical (unpaired) electrons. The van der Waals surface area contributed by atoms with Crippen LogP contribution < -0.4 is 0 Å². The number of aromatic amines is 1. The zero-order valence-electron chi connectivity index (χ0n) is 19.7. The van der Waals surface area contributed by atoms with Gasteiger partial charge in [0, 0.05) is 57.0 Å². The van der Waals surface area contributed by atoms with Gasteiger partial charge in [0.1, 0.15) is 5.82 Å². The van der Waals surface area contributed by atoms with Crippen LogP contribution in [0.1, 0.15) is 36.2 Å². The van der Waals surface area contributed by atoms with E-state index in [2.05, 4.69) is 35.7 Å². The molecule has 1 aromatic carbocycles. The van der Waals surface area contributed by atoms with Crippen LogP contribution in [0.25, 0.3) is 6.08 Å². The molecular formula is C25H29F4N3O2. The summed E-state index contributed by atoms with van der Waals surface area (Å²) in [6.07, 6.45) is -1.49. The summed E-state index contributed by atoms with van der Waals surface area (Å²) in [5.41, 5.74) is -0.743. The molecule has 1 saturated heterocycles. The Hall–Kier alpha value is -2.65. The van der Waals surface area contributed by atoms with Gasteiger partial charge in [0.25, 0.3) is 0 Å². The van der Waals surface area contributed by atoms with Gasteiger partial charge in [-0.15, -0.1) is 0 Å². The standard InChI is InChI=1S/C25H29F4N3O2/c1-15-13-32(14-16(2)31(15)3)21-11-20-18(8-9-30-20)12-24(21,34-4)22(33)10-17-6-5-7-19(23(17)26)25(27,28)29/h5-9,11,15-16,30H,10,12-14H2,1-4H3. The zero-order valence-corrected chi connectivity index (χ0v) is 19.7. The molecule has 3 unspecified atom stereocenters. The minimum Gasteiger partial charge on any atom is -0.369 e. The molecule has 3 atom stereocenters. The Kier molecular flexibility index (Phi) is 6.37. The number of Topliss-reactive ketones (excluding diaryl/α,β-unsaturated/α-hetero) is 1. The van der Waals surface area contributed by atoms with Crippen LogP contribution in [0.3, 0.4) is 0 Å². The lowest BCUT2D eigenvalue weighted by atomic mass is 9.79. The number of methoxy groups -OCH3 is 1. The van der Waals surface area contributed by atoms with Crippen LogP contribution in [0, 0.1) is 5.82 Å². The third-order valence-electron chi connectivity index (χ3n) is 7.24. The van der Waals surface area contributed by atoms with E-state index in [1.807, 2.05) is 12.1 Å². The normalized spacial score (nSPS) is 25.8. The van der Waals surface area contributed by atoms with E-state index in [9.17, 15) is 22.4 Å². The maximum atomic E-state index is 14.8. The number of hydrogen-bond donors (Lipinski definition) is 1. The average molecular weight is 480 g/mol. The molecule has 2 aliphatic rings. The number of benzene rings is 1. The summed E-state index contributed by atoms with van der Waals surface area (Å²) in [4.78, 5) is 21.3. The van der Waals surface area contributed by atoms with Crippen molar-refractivity contribution < 1.29 is 27.1 Å². The number of aromatic nitrogens is 1. The predicted molar refractivity (Wildman–Crippen MR) is 121 cm³/mol. The van der Waals surface area contributed by atoms with Crippen LogP contribution in [0.4, 0.5) is 17.6 Å². The smallest absolute Gasteiger partial charge is 0.369 e. The van der Waals surface area contributed by atoms with E-state index < -0.39 is 35.4 Å². The number of carbonyl (C=O) groups excluding carboxylic acids is 1. The van der Waals surface area contributed by atoms with Crippen molar-refractivity contribution in [2.45, 2.75) is 50.6 Å². The van der Waals surface area contributed by atoms with Crippen molar-refractivity contribution >= 4 is 11.9 Å². The minimum absolute atomic E-state index is 0.209. The molecule has 2 aromatic rings. The Balaban J connectivity index is 1.74. The highest BCUT2D eigenvalue weighted by Gasteiger charge is 2.48. The summed E-state index contributed by atoms with van der Waals surface area (Å²) in [5, 5.41) is 0. The first-order chi connectivity index (χ1) is 16.0. The van der Waals surface area contributed by atoms with Gasteiger partial charge >= 0.3 is 6.18 Å². The number of rotatable bonds is 5. The van der Waals surface area contributed by atoms with E-state index in [0.29, 0.717) is 24.9 Å². The van der Waals surface area contributed by atoms with Gasteiger partial charge in [0.05, 0.1) is 11.3 Å². The number of piperazine rings is 1. The number of fused-ring (bicyclic) bond motifs is 1. The fourth-order valence-electron chi connectivity index (χ4n) is 5.05. The maximum Gasteiger partial charge on any atom is 0.419 e. The first-order valence-corrected chi connectivity index (χ1v) is 11.3. The molecule has 5 nitrogen and oxygen atoms in total. The van der Waals surface area contributed by atoms with Gasteiger partial charge in [0.2, 0.25) is 0 Å². The Morgan fingerprint density at radius 1 is 1.21 bits per heavy atom. The van der Waals surface area contributed by atoms with E-state index in [0.717, 1.165) is 17.3 Å². The molecule has 1 aliphatic heterocycles. The quantitative estimate of drug-likeness (QED) is 0.650. The third kappa shape index (κ3) is 4.15. The van der Waals surface area contributed by atoms with Gasteiger partial charge in [-0.1, -0.05) is 12.1 Å². The first kappa shape index (κ1) is 24.5. The van der Waals surface area contributed by atoms with Crippen molar-refractivity contribution in [2.24, 2.45) is 0 Å². The number of likely N-dealkylation sites (N-methyl/N-ethyl adjacent to an activating group) is 1. The molecule has 4 rings (SSSR count). The largest absolute Gasteiger partial charge is 0.419 e. The number of ketones is 1. The molecule has 0 bridgehead atoms. The van der Waals surface area contributed by atoms with Gasteiger partial charge in [-0.25, -0.2) is 4.39 Å². The lowest BCUT2D eigenvalue weighted by Gasteiger charge is -2.49. The number of hydrogen-bond acceptors (Lipinski definition) is 4. The molecule has 34 heavy (non-hydrogen) atoms. The number of H-pyrrole nitrogens is 1. The first-order valence-electron chi connectivity index (χ1n) is 11.3. The Morgan fingerprint density at radius 2 is 1.88 bits per heavy atom. The molecule has 1 aromatic heterocycles. The summed E-state index contributed by atoms with van der Waals surface area (Å²) in [6.45, 7) is 5.50. The van der Waals surface area contributed by atoms with Crippen LogP contribution in [0.5, 0.6) is 0 Å². The van der Waals surface area contributed by atoms with Crippen molar-refractivity contribution in [2.75, 3.05) is 27.2 Å². The summed E-state index contributed by atoms with van der Waals surface area (Å²) in [7, 11) is 3.48. The van der Waals surface area contributed by atoms with Gasteiger partial charge in [-0.05, 0) is 50.2 Å². The third-order valence-corrected chi connectivity index (χ3v) is 7.24. The number of nitrogens with one attached hydrogen (secondary N) is 1. The Labute approximate surface area is 196 Å². The number of halogens is 4. The van der Waals surface area contributed by atoms with Crippen molar-refractivity contribution in [1.82, 2.24) is 14.8 Å². The second-order valence-corrected chi connectivity index (χ2v) is 9.30. The molecule has 1 aliphatic carbocycles. The van der Waals surface area contributed by atoms with Crippen LogP contribution in [-0.4, -0.2) is 65.5 Å². The van der Waals surface area contributed by atoms with Gasteiger partial charge in [0.15, 0.2) is 11.4 Å². The van der Waals surface area contributed by atoms with Crippen LogP contribution in [-0.2, 0) is 28.5 Å². The molecule has 0 amide bonds. The molecular weight excluding hydrogens is 450 g/mol. The van der Waals surface area contributed by atoms with Gasteiger partial charge in [-0.3, -0.25) is 9.69 Å². The summed E-state index contributed by atoms with van der Waals surface area (Å²) >= 11 is 0. The monoisotopic (exact) mass is 479 g/mol. The van der Waals surface area contributed by atoms with Gasteiger partial charge in [-0.2, -0.15) is 13.2 Å². The second kappa shape index (κ2) is 8.85. The van der Waals surface area contributed by atoms with E-state index in [1.165, 1.54) is 13.2 Å². The highest BCUT2D eigenvalue weighted by atomic mass is 19.4. The molecule has 0 spiro atoms. The topological polar surface area (TPSA) is 48.6 Å². The zero-order chi connectivity index (χ0) is 24.8. The Bertz CT molecular complexity index is 1100. The van der Waals surface area contributed by atoms with E-state index >= 15 is 0 Å². The van der Waals surface area contributed by atoms with Crippen LogP contribution in [0.2, 0.25) is 0 Å². The minimum atomic E-state index is -4.84. The Morgan fingerprint density at radius 3 is 2.50 bits per heavy atom. The van der Waals surface area contributed by atoms with Crippen LogP contribution in [0.15, 0.2) is 36.2 Å². The van der Waals surface area contributed by atoms with Crippen molar-refractivity contribution in [3.8, 4) is 0 Å². The molecule has 184 valence electrons. The average Bonchev–Trinajstić information content (AvgIpc) is 3.23. The molecule has 0 saturated carbocycles. The van der Waals surface area contributed by atoms with Crippen LogP contribution >= 0.6 is 0 Å². The lowest BCUT2D eigenvalue weighted by molar-refractivity contribution is -0.141. The summed E-state index contributed by atoms with van der Waals surface area (Å²) < 4.78 is 60.4. The number of ether oxygens (including phenoxy) is 1. The van der Waals surface area contributed by atoms with E-state index in [-0.39, 0.29) is 24.1 Å². The number of alkyl halides is 3. The number of nitrogens with zero attached hydrogens (tertiary/aromatic N) is 2. The highest BCUT2D eigenvalue weighted by Crippen LogP contribution is 2.39. The second-order valence-electron chi connectivity index (χ2n) is 9.30. The maximum absolute atomic E-state index is 14.8. The van der Waals surface area contributed by atoms with Gasteiger partial charge < -0.3 is 14.6 Å². The predicted octanol–water partition coefficient (Wildman–Crippen LogP) is 4.29. The SMILES string of the molecule is COC1(C(=O)Cc2cccc(C(F)(F)F)c2F)Cc2cc[nH]c2C=C1N1CC(C)N(C)C(C)C1. The van der Waals surface area contributed by atoms with Crippen molar-refractivity contribution in [1.29, 1.82) is 0 Å². The number of carbonyl (C=O) groups is 1. The van der Waals surface area contributed by atoms with E-state index in [1.54, 1.807) is 6.20 Å². The van der Waals surface area contributed by atoms with Crippen molar-refractivity contribution in [3.63, 3.8) is 0 Å². The molecule has 1 N–H and O–H groups in total.